The number of hydrogen-bond donors (Lipinski definition) is 1. The molecular formula is C13H14N2O3S. The summed E-state index contributed by atoms with van der Waals surface area (Å²) < 4.78 is 5.00. The van der Waals surface area contributed by atoms with Gasteiger partial charge in [0.25, 0.3) is 0 Å². The van der Waals surface area contributed by atoms with Crippen molar-refractivity contribution >= 4 is 28.8 Å². The molecule has 0 spiro atoms. The monoisotopic (exact) mass is 278 g/mol. The Morgan fingerprint density at radius 1 is 1.37 bits per heavy atom. The van der Waals surface area contributed by atoms with Crippen molar-refractivity contribution in [2.45, 2.75) is 6.42 Å². The third-order valence-electron chi connectivity index (χ3n) is 3.20. The molecule has 2 heterocycles. The molecule has 19 heavy (non-hydrogen) atoms. The van der Waals surface area contributed by atoms with Gasteiger partial charge in [0.05, 0.1) is 11.9 Å². The Morgan fingerprint density at radius 3 is 2.95 bits per heavy atom. The van der Waals surface area contributed by atoms with E-state index in [-0.39, 0.29) is 5.91 Å². The summed E-state index contributed by atoms with van der Waals surface area (Å²) in [7, 11) is 0. The zero-order valence-electron chi connectivity index (χ0n) is 10.3. The zero-order chi connectivity index (χ0) is 13.2. The Labute approximate surface area is 114 Å². The minimum Gasteiger partial charge on any atom is -0.408 e. The first kappa shape index (κ1) is 12.3. The first-order valence-corrected chi connectivity index (χ1v) is 7.35. The molecule has 1 N–H and O–H groups in total. The van der Waals surface area contributed by atoms with E-state index in [9.17, 15) is 9.59 Å². The number of thioether (sulfide) groups is 1. The van der Waals surface area contributed by atoms with E-state index < -0.39 is 5.76 Å². The lowest BCUT2D eigenvalue weighted by atomic mass is 10.1. The summed E-state index contributed by atoms with van der Waals surface area (Å²) in [5.74, 6) is 1.69. The van der Waals surface area contributed by atoms with Crippen molar-refractivity contribution in [2.75, 3.05) is 24.6 Å². The molecule has 0 aliphatic carbocycles. The molecule has 5 nitrogen and oxygen atoms in total. The fourth-order valence-corrected chi connectivity index (χ4v) is 3.10. The van der Waals surface area contributed by atoms with Gasteiger partial charge in [0.1, 0.15) is 0 Å². The second-order valence-electron chi connectivity index (χ2n) is 4.51. The van der Waals surface area contributed by atoms with Crippen LogP contribution in [0.3, 0.4) is 0 Å². The molecule has 100 valence electrons. The summed E-state index contributed by atoms with van der Waals surface area (Å²) in [4.78, 5) is 27.7. The topological polar surface area (TPSA) is 66.3 Å². The number of rotatable bonds is 2. The third-order valence-corrected chi connectivity index (χ3v) is 4.15. The quantitative estimate of drug-likeness (QED) is 0.897. The molecule has 1 aromatic heterocycles. The number of carbonyl (C=O) groups excluding carboxylic acids is 1. The number of fused-ring (bicyclic) bond motifs is 1. The van der Waals surface area contributed by atoms with Gasteiger partial charge in [0.2, 0.25) is 5.91 Å². The Kier molecular flexibility index (Phi) is 3.33. The van der Waals surface area contributed by atoms with Crippen LogP contribution in [0.25, 0.3) is 11.1 Å². The summed E-state index contributed by atoms with van der Waals surface area (Å²) in [6.07, 6.45) is 0.357. The van der Waals surface area contributed by atoms with E-state index in [1.165, 1.54) is 0 Å². The van der Waals surface area contributed by atoms with Crippen molar-refractivity contribution < 1.29 is 9.21 Å². The second kappa shape index (κ2) is 5.13. The number of carbonyl (C=O) groups is 1. The maximum Gasteiger partial charge on any atom is 0.417 e. The molecule has 0 unspecified atom stereocenters. The van der Waals surface area contributed by atoms with Gasteiger partial charge in [-0.15, -0.1) is 0 Å². The van der Waals surface area contributed by atoms with Crippen molar-refractivity contribution in [1.29, 1.82) is 0 Å². The van der Waals surface area contributed by atoms with E-state index >= 15 is 0 Å². The molecule has 6 heteroatoms. The van der Waals surface area contributed by atoms with E-state index in [1.54, 1.807) is 12.1 Å². The van der Waals surface area contributed by atoms with E-state index in [2.05, 4.69) is 4.98 Å². The molecule has 3 rings (SSSR count). The predicted octanol–water partition coefficient (Wildman–Crippen LogP) is 1.24. The van der Waals surface area contributed by atoms with Crippen LogP contribution in [0, 0.1) is 0 Å². The minimum atomic E-state index is -0.466. The maximum atomic E-state index is 12.1. The van der Waals surface area contributed by atoms with E-state index in [4.69, 9.17) is 4.42 Å². The average molecular weight is 278 g/mol. The predicted molar refractivity (Wildman–Crippen MR) is 74.4 cm³/mol. The second-order valence-corrected chi connectivity index (χ2v) is 5.74. The molecule has 1 aliphatic heterocycles. The largest absolute Gasteiger partial charge is 0.417 e. The minimum absolute atomic E-state index is 0.137. The van der Waals surface area contributed by atoms with Crippen LogP contribution in [0.5, 0.6) is 0 Å². The number of oxazole rings is 1. The van der Waals surface area contributed by atoms with Gasteiger partial charge in [-0.1, -0.05) is 6.07 Å². The number of benzene rings is 1. The molecule has 0 radical (unpaired) electrons. The third kappa shape index (κ3) is 2.68. The first-order chi connectivity index (χ1) is 9.22. The molecule has 0 bridgehead atoms. The van der Waals surface area contributed by atoms with Crippen LogP contribution in [0.2, 0.25) is 0 Å². The number of hydrogen-bond acceptors (Lipinski definition) is 4. The number of aromatic nitrogens is 1. The van der Waals surface area contributed by atoms with E-state index in [0.717, 1.165) is 30.2 Å². The van der Waals surface area contributed by atoms with Crippen LogP contribution in [-0.4, -0.2) is 40.4 Å². The Hall–Kier alpha value is -1.69. The van der Waals surface area contributed by atoms with E-state index in [0.29, 0.717) is 17.5 Å². The highest BCUT2D eigenvalue weighted by molar-refractivity contribution is 7.99. The van der Waals surface area contributed by atoms with Crippen LogP contribution in [0.1, 0.15) is 5.56 Å². The van der Waals surface area contributed by atoms with Crippen LogP contribution in [-0.2, 0) is 11.2 Å². The standard InChI is InChI=1S/C13H14N2O3S/c16-12(15-3-5-19-6-4-15)8-9-1-2-10-11(7-9)18-13(17)14-10/h1-2,7H,3-6,8H2,(H,14,17). The molecule has 0 atom stereocenters. The Balaban J connectivity index is 1.76. The molecular weight excluding hydrogens is 264 g/mol. The van der Waals surface area contributed by atoms with Gasteiger partial charge in [-0.2, -0.15) is 11.8 Å². The summed E-state index contributed by atoms with van der Waals surface area (Å²) in [5, 5.41) is 0. The van der Waals surface area contributed by atoms with Gasteiger partial charge in [0.15, 0.2) is 5.58 Å². The van der Waals surface area contributed by atoms with Gasteiger partial charge < -0.3 is 9.32 Å². The van der Waals surface area contributed by atoms with Crippen molar-refractivity contribution in [3.63, 3.8) is 0 Å². The van der Waals surface area contributed by atoms with Gasteiger partial charge in [-0.25, -0.2) is 4.79 Å². The van der Waals surface area contributed by atoms with Gasteiger partial charge >= 0.3 is 5.76 Å². The van der Waals surface area contributed by atoms with Crippen molar-refractivity contribution in [1.82, 2.24) is 9.88 Å². The fraction of sp³-hybridized carbons (Fsp3) is 0.385. The highest BCUT2D eigenvalue weighted by Crippen LogP contribution is 2.15. The molecule has 2 aromatic rings. The smallest absolute Gasteiger partial charge is 0.408 e. The van der Waals surface area contributed by atoms with Gasteiger partial charge in [-0.3, -0.25) is 9.78 Å². The highest BCUT2D eigenvalue weighted by Gasteiger charge is 2.17. The average Bonchev–Trinajstić information content (AvgIpc) is 2.79. The van der Waals surface area contributed by atoms with Crippen molar-refractivity contribution in [3.05, 3.63) is 34.3 Å². The number of amides is 1. The normalized spacial score (nSPS) is 15.9. The van der Waals surface area contributed by atoms with Crippen molar-refractivity contribution in [3.8, 4) is 0 Å². The fourth-order valence-electron chi connectivity index (χ4n) is 2.20. The molecule has 1 amide bonds. The number of aromatic amines is 1. The molecule has 1 aliphatic rings. The number of nitrogens with one attached hydrogen (secondary N) is 1. The van der Waals surface area contributed by atoms with Crippen molar-refractivity contribution in [2.24, 2.45) is 0 Å². The Bertz CT molecular complexity index is 655. The summed E-state index contributed by atoms with van der Waals surface area (Å²) in [6, 6.07) is 5.38. The molecule has 1 fully saturated rings. The SMILES string of the molecule is O=C(Cc1ccc2[nH]c(=O)oc2c1)N1CCSCC1. The summed E-state index contributed by atoms with van der Waals surface area (Å²) >= 11 is 1.88. The molecule has 1 aromatic carbocycles. The van der Waals surface area contributed by atoms with E-state index in [1.807, 2.05) is 22.7 Å². The lowest BCUT2D eigenvalue weighted by Crippen LogP contribution is -2.38. The summed E-state index contributed by atoms with van der Waals surface area (Å²) in [5.41, 5.74) is 2.04. The zero-order valence-corrected chi connectivity index (χ0v) is 11.2. The summed E-state index contributed by atoms with van der Waals surface area (Å²) in [6.45, 7) is 1.65. The molecule has 1 saturated heterocycles. The molecule has 0 saturated carbocycles. The van der Waals surface area contributed by atoms with Crippen LogP contribution < -0.4 is 5.76 Å². The maximum absolute atomic E-state index is 12.1. The lowest BCUT2D eigenvalue weighted by Gasteiger charge is -2.26. The number of H-pyrrole nitrogens is 1. The van der Waals surface area contributed by atoms with Crippen LogP contribution >= 0.6 is 11.8 Å². The van der Waals surface area contributed by atoms with Gasteiger partial charge in [-0.05, 0) is 17.7 Å². The highest BCUT2D eigenvalue weighted by atomic mass is 32.2. The van der Waals surface area contributed by atoms with Crippen LogP contribution in [0.15, 0.2) is 27.4 Å². The lowest BCUT2D eigenvalue weighted by molar-refractivity contribution is -0.130. The van der Waals surface area contributed by atoms with Crippen LogP contribution in [0.4, 0.5) is 0 Å². The first-order valence-electron chi connectivity index (χ1n) is 6.20. The Morgan fingerprint density at radius 2 is 2.16 bits per heavy atom. The van der Waals surface area contributed by atoms with Gasteiger partial charge in [0, 0.05) is 24.6 Å². The number of nitrogens with zero attached hydrogens (tertiary/aromatic N) is 1.